The normalized spacial score (nSPS) is 11.6. The maximum absolute atomic E-state index is 14.4. The lowest BCUT2D eigenvalue weighted by Gasteiger charge is -2.18. The summed E-state index contributed by atoms with van der Waals surface area (Å²) in [7, 11) is -3.58. The van der Waals surface area contributed by atoms with Crippen LogP contribution in [-0.4, -0.2) is 23.0 Å². The highest BCUT2D eigenvalue weighted by atomic mass is 32.2. The van der Waals surface area contributed by atoms with Gasteiger partial charge in [-0.2, -0.15) is 0 Å². The van der Waals surface area contributed by atoms with Gasteiger partial charge in [0.1, 0.15) is 5.71 Å². The number of ketones is 1. The SMILES string of the molecule is CCCCCC/C(=N\OC(C)=O)C(=O)c1ccc(Sc2ccc(C(=O)P(=O)(c3ccccc3)c3ccccc3)cc2)cc1. The first kappa shape index (κ1) is 31.9. The third-order valence-electron chi connectivity index (χ3n) is 6.79. The van der Waals surface area contributed by atoms with Gasteiger partial charge in [-0.15, -0.1) is 0 Å². The number of oxime groups is 1. The van der Waals surface area contributed by atoms with Crippen molar-refractivity contribution >= 4 is 52.5 Å². The summed E-state index contributed by atoms with van der Waals surface area (Å²) < 4.78 is 14.4. The van der Waals surface area contributed by atoms with Gasteiger partial charge in [-0.3, -0.25) is 9.59 Å². The number of nitrogens with zero attached hydrogens (tertiary/aromatic N) is 1. The molecule has 0 aliphatic heterocycles. The lowest BCUT2D eigenvalue weighted by Crippen LogP contribution is -2.22. The Labute approximate surface area is 256 Å². The van der Waals surface area contributed by atoms with Crippen LogP contribution in [0.15, 0.2) is 124 Å². The molecule has 0 unspecified atom stereocenters. The third kappa shape index (κ3) is 8.28. The Hall–Kier alpha value is -4.06. The second-order valence-corrected chi connectivity index (χ2v) is 13.8. The number of hydrogen-bond acceptors (Lipinski definition) is 7. The van der Waals surface area contributed by atoms with Crippen LogP contribution in [0.25, 0.3) is 0 Å². The average Bonchev–Trinajstić information content (AvgIpc) is 3.05. The van der Waals surface area contributed by atoms with E-state index in [-0.39, 0.29) is 11.5 Å². The van der Waals surface area contributed by atoms with Crippen LogP contribution in [0.4, 0.5) is 0 Å². The Morgan fingerprint density at radius 2 is 1.21 bits per heavy atom. The van der Waals surface area contributed by atoms with Crippen LogP contribution in [-0.2, 0) is 14.2 Å². The van der Waals surface area contributed by atoms with E-state index in [0.717, 1.165) is 35.5 Å². The molecule has 8 heteroatoms. The highest BCUT2D eigenvalue weighted by Gasteiger charge is 2.36. The van der Waals surface area contributed by atoms with Crippen LogP contribution >= 0.6 is 18.9 Å². The van der Waals surface area contributed by atoms with Gasteiger partial charge in [0.15, 0.2) is 0 Å². The largest absolute Gasteiger partial charge is 0.331 e. The number of benzene rings is 4. The van der Waals surface area contributed by atoms with Gasteiger partial charge in [0.25, 0.3) is 0 Å². The Morgan fingerprint density at radius 1 is 0.698 bits per heavy atom. The summed E-state index contributed by atoms with van der Waals surface area (Å²) >= 11 is 1.48. The summed E-state index contributed by atoms with van der Waals surface area (Å²) in [5.41, 5.74) is 0.657. The highest BCUT2D eigenvalue weighted by Crippen LogP contribution is 2.47. The zero-order chi connectivity index (χ0) is 30.7. The van der Waals surface area contributed by atoms with Gasteiger partial charge in [0, 0.05) is 38.5 Å². The zero-order valence-electron chi connectivity index (χ0n) is 24.3. The van der Waals surface area contributed by atoms with Gasteiger partial charge in [-0.05, 0) is 61.4 Å². The minimum atomic E-state index is -3.58. The van der Waals surface area contributed by atoms with E-state index in [0.29, 0.717) is 28.2 Å². The van der Waals surface area contributed by atoms with E-state index in [1.54, 1.807) is 72.8 Å². The molecule has 0 bridgehead atoms. The van der Waals surface area contributed by atoms with Crippen LogP contribution in [0.3, 0.4) is 0 Å². The van der Waals surface area contributed by atoms with Crippen LogP contribution in [0.2, 0.25) is 0 Å². The summed E-state index contributed by atoms with van der Waals surface area (Å²) in [6, 6.07) is 32.0. The van der Waals surface area contributed by atoms with Crippen molar-refractivity contribution in [2.45, 2.75) is 55.7 Å². The number of Topliss-reactive ketones (excluding diaryl/α,β-unsaturated/α-hetero) is 1. The van der Waals surface area contributed by atoms with Crippen molar-refractivity contribution in [2.24, 2.45) is 5.16 Å². The Morgan fingerprint density at radius 3 is 1.70 bits per heavy atom. The maximum Gasteiger partial charge on any atom is 0.331 e. The lowest BCUT2D eigenvalue weighted by molar-refractivity contribution is -0.140. The molecule has 0 aromatic heterocycles. The van der Waals surface area contributed by atoms with E-state index >= 15 is 0 Å². The smallest absolute Gasteiger partial charge is 0.318 e. The number of unbranched alkanes of at least 4 members (excludes halogenated alkanes) is 3. The van der Waals surface area contributed by atoms with E-state index in [2.05, 4.69) is 12.1 Å². The second-order valence-electron chi connectivity index (χ2n) is 10.00. The fourth-order valence-electron chi connectivity index (χ4n) is 4.52. The maximum atomic E-state index is 14.4. The summed E-state index contributed by atoms with van der Waals surface area (Å²) in [6.45, 7) is 3.37. The molecule has 0 aliphatic carbocycles. The molecule has 0 atom stereocenters. The summed E-state index contributed by atoms with van der Waals surface area (Å²) in [5.74, 6) is -0.834. The molecular formula is C35H34NO5PS. The minimum absolute atomic E-state index is 0.232. The van der Waals surface area contributed by atoms with Crippen molar-refractivity contribution in [2.75, 3.05) is 0 Å². The molecule has 0 saturated carbocycles. The molecular weight excluding hydrogens is 577 g/mol. The highest BCUT2D eigenvalue weighted by molar-refractivity contribution is 7.99. The molecule has 0 aliphatic rings. The summed E-state index contributed by atoms with van der Waals surface area (Å²) in [4.78, 5) is 44.7. The monoisotopic (exact) mass is 611 g/mol. The number of carbonyl (C=O) groups excluding carboxylic acids is 3. The first-order valence-corrected chi connectivity index (χ1v) is 16.8. The molecule has 0 spiro atoms. The van der Waals surface area contributed by atoms with E-state index in [1.807, 2.05) is 36.4 Å². The van der Waals surface area contributed by atoms with Gasteiger partial charge in [0.05, 0.1) is 0 Å². The predicted octanol–water partition coefficient (Wildman–Crippen LogP) is 8.06. The minimum Gasteiger partial charge on any atom is -0.318 e. The number of carbonyl (C=O) groups is 3. The Balaban J connectivity index is 1.48. The fourth-order valence-corrected chi connectivity index (χ4v) is 7.80. The third-order valence-corrected chi connectivity index (χ3v) is 10.7. The topological polar surface area (TPSA) is 89.9 Å². The summed E-state index contributed by atoms with van der Waals surface area (Å²) in [6.07, 6.45) is 4.34. The van der Waals surface area contributed by atoms with E-state index in [4.69, 9.17) is 4.84 Å². The van der Waals surface area contributed by atoms with Crippen molar-refractivity contribution in [3.63, 3.8) is 0 Å². The molecule has 0 saturated heterocycles. The second kappa shape index (κ2) is 15.4. The molecule has 43 heavy (non-hydrogen) atoms. The number of rotatable bonds is 14. The van der Waals surface area contributed by atoms with Crippen molar-refractivity contribution < 1.29 is 23.8 Å². The molecule has 0 heterocycles. The standard InChI is InChI=1S/C35H34NO5PS/c1-3-4-5-12-17-33(36-41-26(2)37)34(38)27-18-22-31(23-19-27)43-32-24-20-28(21-25-32)35(39)42(40,29-13-8-6-9-14-29)30-15-10-7-11-16-30/h6-11,13-16,18-25H,3-5,12,17H2,1-2H3/b36-33+. The first-order valence-electron chi connectivity index (χ1n) is 14.3. The molecule has 0 fully saturated rings. The van der Waals surface area contributed by atoms with Gasteiger partial charge in [-0.1, -0.05) is 104 Å². The average molecular weight is 612 g/mol. The van der Waals surface area contributed by atoms with E-state index in [1.165, 1.54) is 18.7 Å². The molecule has 0 radical (unpaired) electrons. The molecule has 220 valence electrons. The van der Waals surface area contributed by atoms with Gasteiger partial charge < -0.3 is 9.40 Å². The molecule has 4 aromatic carbocycles. The molecule has 0 amide bonds. The van der Waals surface area contributed by atoms with Crippen LogP contribution < -0.4 is 10.6 Å². The molecule has 0 N–H and O–H groups in total. The zero-order valence-corrected chi connectivity index (χ0v) is 26.0. The van der Waals surface area contributed by atoms with Gasteiger partial charge >= 0.3 is 5.97 Å². The Bertz CT molecular complexity index is 1580. The van der Waals surface area contributed by atoms with Crippen LogP contribution in [0, 0.1) is 0 Å². The summed E-state index contributed by atoms with van der Waals surface area (Å²) in [5, 5.41) is 4.83. The predicted molar refractivity (Wildman–Crippen MR) is 173 cm³/mol. The van der Waals surface area contributed by atoms with Crippen molar-refractivity contribution in [3.05, 3.63) is 120 Å². The van der Waals surface area contributed by atoms with Crippen molar-refractivity contribution in [1.82, 2.24) is 0 Å². The quantitative estimate of drug-likeness (QED) is 0.0358. The van der Waals surface area contributed by atoms with Gasteiger partial charge in [0.2, 0.25) is 18.4 Å². The first-order chi connectivity index (χ1) is 20.8. The molecule has 6 nitrogen and oxygen atoms in total. The lowest BCUT2D eigenvalue weighted by atomic mass is 10.0. The van der Waals surface area contributed by atoms with E-state index < -0.39 is 18.6 Å². The fraction of sp³-hybridized carbons (Fsp3) is 0.200. The van der Waals surface area contributed by atoms with Crippen molar-refractivity contribution in [3.8, 4) is 0 Å². The molecule has 4 rings (SSSR count). The van der Waals surface area contributed by atoms with Crippen LogP contribution in [0.5, 0.6) is 0 Å². The van der Waals surface area contributed by atoms with Crippen molar-refractivity contribution in [1.29, 1.82) is 0 Å². The van der Waals surface area contributed by atoms with Crippen LogP contribution in [0.1, 0.15) is 66.7 Å². The Kier molecular flexibility index (Phi) is 11.4. The molecule has 4 aromatic rings. The van der Waals surface area contributed by atoms with Gasteiger partial charge in [-0.25, -0.2) is 4.79 Å². The number of hydrogen-bond donors (Lipinski definition) is 0. The van der Waals surface area contributed by atoms with E-state index in [9.17, 15) is 18.9 Å².